The van der Waals surface area contributed by atoms with Crippen LogP contribution in [-0.2, 0) is 6.42 Å². The zero-order chi connectivity index (χ0) is 14.8. The molecule has 3 rings (SSSR count). The second-order valence-corrected chi connectivity index (χ2v) is 5.50. The van der Waals surface area contributed by atoms with Crippen molar-refractivity contribution < 1.29 is 0 Å². The molecule has 0 unspecified atom stereocenters. The fourth-order valence-electron chi connectivity index (χ4n) is 2.71. The summed E-state index contributed by atoms with van der Waals surface area (Å²) in [6, 6.07) is 10.8. The molecular weight excluding hydrogens is 260 g/mol. The van der Waals surface area contributed by atoms with E-state index in [2.05, 4.69) is 47.7 Å². The van der Waals surface area contributed by atoms with Gasteiger partial charge in [-0.1, -0.05) is 18.2 Å². The van der Waals surface area contributed by atoms with Crippen LogP contribution < -0.4 is 5.73 Å². The zero-order valence-electron chi connectivity index (χ0n) is 12.5. The number of hydrogen-bond acceptors (Lipinski definition) is 3. The van der Waals surface area contributed by atoms with Gasteiger partial charge in [-0.25, -0.2) is 4.98 Å². The van der Waals surface area contributed by atoms with Crippen LogP contribution in [0.25, 0.3) is 22.4 Å². The van der Waals surface area contributed by atoms with E-state index in [-0.39, 0.29) is 0 Å². The van der Waals surface area contributed by atoms with Crippen LogP contribution >= 0.6 is 0 Å². The summed E-state index contributed by atoms with van der Waals surface area (Å²) < 4.78 is 2.26. The molecule has 4 heteroatoms. The van der Waals surface area contributed by atoms with Crippen molar-refractivity contribution in [1.29, 1.82) is 0 Å². The Balaban J connectivity index is 2.19. The van der Waals surface area contributed by atoms with E-state index in [9.17, 15) is 0 Å². The van der Waals surface area contributed by atoms with Crippen LogP contribution in [0.4, 0.5) is 0 Å². The minimum atomic E-state index is 0.338. The minimum absolute atomic E-state index is 0.338. The highest BCUT2D eigenvalue weighted by molar-refractivity contribution is 5.80. The van der Waals surface area contributed by atoms with Gasteiger partial charge in [0.1, 0.15) is 11.3 Å². The van der Waals surface area contributed by atoms with E-state index < -0.39 is 0 Å². The largest absolute Gasteiger partial charge is 0.330 e. The maximum atomic E-state index is 5.66. The molecule has 2 heterocycles. The van der Waals surface area contributed by atoms with Gasteiger partial charge in [0.2, 0.25) is 0 Å². The Labute approximate surface area is 124 Å². The van der Waals surface area contributed by atoms with Gasteiger partial charge in [-0.2, -0.15) is 0 Å². The molecule has 3 aromatic rings. The van der Waals surface area contributed by atoms with Gasteiger partial charge in [-0.15, -0.1) is 0 Å². The van der Waals surface area contributed by atoms with E-state index in [4.69, 9.17) is 10.7 Å². The summed E-state index contributed by atoms with van der Waals surface area (Å²) in [5.41, 5.74) is 10.1. The van der Waals surface area contributed by atoms with Crippen molar-refractivity contribution in [3.8, 4) is 11.4 Å². The molecule has 21 heavy (non-hydrogen) atoms. The maximum absolute atomic E-state index is 5.66. The molecule has 0 spiro atoms. The van der Waals surface area contributed by atoms with E-state index in [1.165, 1.54) is 5.56 Å². The van der Waals surface area contributed by atoms with Crippen molar-refractivity contribution in [3.05, 3.63) is 48.3 Å². The molecule has 0 aliphatic carbocycles. The van der Waals surface area contributed by atoms with Crippen LogP contribution in [0.15, 0.2) is 42.7 Å². The molecule has 0 bridgehead atoms. The Hall–Kier alpha value is -2.20. The topological polar surface area (TPSA) is 56.7 Å². The molecule has 2 N–H and O–H groups in total. The van der Waals surface area contributed by atoms with E-state index >= 15 is 0 Å². The van der Waals surface area contributed by atoms with Gasteiger partial charge in [0.15, 0.2) is 0 Å². The smallest absolute Gasteiger partial charge is 0.141 e. The van der Waals surface area contributed by atoms with Crippen molar-refractivity contribution >= 4 is 11.0 Å². The van der Waals surface area contributed by atoms with Gasteiger partial charge in [0, 0.05) is 17.8 Å². The van der Waals surface area contributed by atoms with Crippen LogP contribution in [0.2, 0.25) is 0 Å². The number of benzene rings is 1. The standard InChI is InChI=1S/C17H20N4/c1-12(2)21-16-7-9-19-11-15(16)20-17(21)14-5-3-4-13(10-14)6-8-18/h3-5,7,9-12H,6,8,18H2,1-2H3. The molecule has 108 valence electrons. The second kappa shape index (κ2) is 5.66. The zero-order valence-corrected chi connectivity index (χ0v) is 12.5. The number of aromatic nitrogens is 3. The number of imidazole rings is 1. The highest BCUT2D eigenvalue weighted by atomic mass is 15.1. The highest BCUT2D eigenvalue weighted by Crippen LogP contribution is 2.28. The van der Waals surface area contributed by atoms with Gasteiger partial charge < -0.3 is 10.3 Å². The normalized spacial score (nSPS) is 11.4. The number of fused-ring (bicyclic) bond motifs is 1. The highest BCUT2D eigenvalue weighted by Gasteiger charge is 2.14. The second-order valence-electron chi connectivity index (χ2n) is 5.50. The van der Waals surface area contributed by atoms with E-state index in [1.54, 1.807) is 0 Å². The van der Waals surface area contributed by atoms with Gasteiger partial charge in [0.05, 0.1) is 11.7 Å². The van der Waals surface area contributed by atoms with E-state index in [1.807, 2.05) is 18.5 Å². The van der Waals surface area contributed by atoms with Gasteiger partial charge in [-0.05, 0) is 44.5 Å². The Morgan fingerprint density at radius 1 is 1.24 bits per heavy atom. The Morgan fingerprint density at radius 2 is 2.10 bits per heavy atom. The lowest BCUT2D eigenvalue weighted by Crippen LogP contribution is -2.05. The van der Waals surface area contributed by atoms with Crippen LogP contribution in [0.3, 0.4) is 0 Å². The van der Waals surface area contributed by atoms with Crippen molar-refractivity contribution in [2.75, 3.05) is 6.54 Å². The van der Waals surface area contributed by atoms with Crippen LogP contribution in [-0.4, -0.2) is 21.1 Å². The summed E-state index contributed by atoms with van der Waals surface area (Å²) in [5.74, 6) is 0.992. The van der Waals surface area contributed by atoms with E-state index in [0.29, 0.717) is 12.6 Å². The molecule has 0 amide bonds. The SMILES string of the molecule is CC(C)n1c(-c2cccc(CCN)c2)nc2cnccc21. The fraction of sp³-hybridized carbons (Fsp3) is 0.294. The lowest BCUT2D eigenvalue weighted by molar-refractivity contribution is 0.624. The predicted molar refractivity (Wildman–Crippen MR) is 86.1 cm³/mol. The molecule has 0 saturated carbocycles. The summed E-state index contributed by atoms with van der Waals surface area (Å²) in [7, 11) is 0. The molecule has 0 radical (unpaired) electrons. The molecule has 4 nitrogen and oxygen atoms in total. The first-order valence-electron chi connectivity index (χ1n) is 7.32. The van der Waals surface area contributed by atoms with E-state index in [0.717, 1.165) is 28.8 Å². The Kier molecular flexibility index (Phi) is 3.71. The molecule has 2 aromatic heterocycles. The summed E-state index contributed by atoms with van der Waals surface area (Å²) >= 11 is 0. The summed E-state index contributed by atoms with van der Waals surface area (Å²) in [6.45, 7) is 5.01. The lowest BCUT2D eigenvalue weighted by Gasteiger charge is -2.13. The minimum Gasteiger partial charge on any atom is -0.330 e. The van der Waals surface area contributed by atoms with Crippen molar-refractivity contribution in [3.63, 3.8) is 0 Å². The predicted octanol–water partition coefficient (Wildman–Crippen LogP) is 3.18. The number of nitrogens with two attached hydrogens (primary N) is 1. The first-order chi connectivity index (χ1) is 10.2. The molecule has 0 fully saturated rings. The average Bonchev–Trinajstić information content (AvgIpc) is 2.87. The molecule has 0 aliphatic rings. The van der Waals surface area contributed by atoms with Crippen molar-refractivity contribution in [1.82, 2.24) is 14.5 Å². The van der Waals surface area contributed by atoms with Gasteiger partial charge in [-0.3, -0.25) is 4.98 Å². The third-order valence-corrected chi connectivity index (χ3v) is 3.63. The van der Waals surface area contributed by atoms with Crippen molar-refractivity contribution in [2.24, 2.45) is 5.73 Å². The lowest BCUT2D eigenvalue weighted by atomic mass is 10.1. The third-order valence-electron chi connectivity index (χ3n) is 3.63. The van der Waals surface area contributed by atoms with Crippen LogP contribution in [0, 0.1) is 0 Å². The molecule has 0 saturated heterocycles. The van der Waals surface area contributed by atoms with Crippen LogP contribution in [0.5, 0.6) is 0 Å². The third kappa shape index (κ3) is 2.54. The van der Waals surface area contributed by atoms with Gasteiger partial charge in [0.25, 0.3) is 0 Å². The summed E-state index contributed by atoms with van der Waals surface area (Å²) in [6.07, 6.45) is 4.52. The Morgan fingerprint density at radius 3 is 2.86 bits per heavy atom. The molecule has 0 aliphatic heterocycles. The van der Waals surface area contributed by atoms with Crippen LogP contribution in [0.1, 0.15) is 25.5 Å². The quantitative estimate of drug-likeness (QED) is 0.798. The number of nitrogens with zero attached hydrogens (tertiary/aromatic N) is 3. The maximum Gasteiger partial charge on any atom is 0.141 e. The average molecular weight is 280 g/mol. The monoisotopic (exact) mass is 280 g/mol. The molecule has 1 aromatic carbocycles. The number of pyridine rings is 1. The Bertz CT molecular complexity index is 758. The number of hydrogen-bond donors (Lipinski definition) is 1. The fourth-order valence-corrected chi connectivity index (χ4v) is 2.71. The molecular formula is C17H20N4. The molecule has 0 atom stereocenters. The van der Waals surface area contributed by atoms with Crippen molar-refractivity contribution in [2.45, 2.75) is 26.3 Å². The first-order valence-corrected chi connectivity index (χ1v) is 7.32. The summed E-state index contributed by atoms with van der Waals surface area (Å²) in [5, 5.41) is 0. The summed E-state index contributed by atoms with van der Waals surface area (Å²) in [4.78, 5) is 8.95. The first kappa shape index (κ1) is 13.8. The number of rotatable bonds is 4. The van der Waals surface area contributed by atoms with Gasteiger partial charge >= 0.3 is 0 Å².